The molecule has 1 saturated carbocycles. The molecule has 1 aliphatic carbocycles. The first kappa shape index (κ1) is 13.8. The predicted molar refractivity (Wildman–Crippen MR) is 63.7 cm³/mol. The predicted octanol–water partition coefficient (Wildman–Crippen LogP) is 1.71. The van der Waals surface area contributed by atoms with Crippen LogP contribution in [0.15, 0.2) is 0 Å². The number of sulfonamides is 1. The highest BCUT2D eigenvalue weighted by Gasteiger charge is 2.41. The second kappa shape index (κ2) is 5.35. The summed E-state index contributed by atoms with van der Waals surface area (Å²) in [5.74, 6) is -0.0390. The van der Waals surface area contributed by atoms with Crippen molar-refractivity contribution < 1.29 is 8.42 Å². The van der Waals surface area contributed by atoms with Gasteiger partial charge in [0.2, 0.25) is 10.0 Å². The molecule has 4 nitrogen and oxygen atoms in total. The van der Waals surface area contributed by atoms with Crippen molar-refractivity contribution >= 4 is 21.6 Å². The molecule has 0 aromatic heterocycles. The van der Waals surface area contributed by atoms with E-state index in [0.717, 1.165) is 19.3 Å². The Morgan fingerprint density at radius 1 is 1.38 bits per heavy atom. The zero-order valence-electron chi connectivity index (χ0n) is 9.45. The topological polar surface area (TPSA) is 61.2 Å². The molecule has 16 heavy (non-hydrogen) atoms. The average molecular weight is 265 g/mol. The van der Waals surface area contributed by atoms with E-state index in [9.17, 15) is 13.7 Å². The van der Waals surface area contributed by atoms with Crippen molar-refractivity contribution in [1.29, 1.82) is 5.26 Å². The molecule has 0 saturated heterocycles. The fourth-order valence-corrected chi connectivity index (χ4v) is 3.94. The van der Waals surface area contributed by atoms with Crippen LogP contribution >= 0.6 is 11.6 Å². The average Bonchev–Trinajstić information content (AvgIpc) is 2.29. The lowest BCUT2D eigenvalue weighted by Crippen LogP contribution is -2.50. The van der Waals surface area contributed by atoms with Crippen LogP contribution < -0.4 is 0 Å². The summed E-state index contributed by atoms with van der Waals surface area (Å²) in [4.78, 5) is 0. The number of nitrogens with zero attached hydrogens (tertiary/aromatic N) is 2. The number of alkyl halides is 1. The Morgan fingerprint density at radius 3 is 2.38 bits per heavy atom. The summed E-state index contributed by atoms with van der Waals surface area (Å²) in [6, 6.07) is 2.19. The Bertz CT molecular complexity index is 369. The third kappa shape index (κ3) is 2.68. The molecule has 1 aliphatic rings. The highest BCUT2D eigenvalue weighted by Crippen LogP contribution is 2.34. The van der Waals surface area contributed by atoms with Crippen molar-refractivity contribution in [3.63, 3.8) is 0 Å². The molecule has 0 spiro atoms. The molecule has 0 amide bonds. The maximum atomic E-state index is 11.9. The van der Waals surface area contributed by atoms with E-state index in [1.54, 1.807) is 0 Å². The summed E-state index contributed by atoms with van der Waals surface area (Å²) in [6.07, 6.45) is 4.15. The molecule has 0 heterocycles. The van der Waals surface area contributed by atoms with Gasteiger partial charge >= 0.3 is 0 Å². The summed E-state index contributed by atoms with van der Waals surface area (Å²) >= 11 is 5.47. The zero-order valence-corrected chi connectivity index (χ0v) is 11.0. The number of halogens is 1. The van der Waals surface area contributed by atoms with Gasteiger partial charge in [0, 0.05) is 12.9 Å². The normalized spacial score (nSPS) is 20.6. The van der Waals surface area contributed by atoms with Crippen molar-refractivity contribution in [3.05, 3.63) is 0 Å². The van der Waals surface area contributed by atoms with Gasteiger partial charge in [-0.3, -0.25) is 0 Å². The van der Waals surface area contributed by atoms with E-state index < -0.39 is 15.6 Å². The van der Waals surface area contributed by atoms with Crippen LogP contribution in [0.1, 0.15) is 32.1 Å². The lowest BCUT2D eigenvalue weighted by atomic mass is 9.83. The Hall–Kier alpha value is -0.310. The fraction of sp³-hybridized carbons (Fsp3) is 0.900. The van der Waals surface area contributed by atoms with Crippen LogP contribution in [0.4, 0.5) is 0 Å². The van der Waals surface area contributed by atoms with Crippen LogP contribution in [0.5, 0.6) is 0 Å². The van der Waals surface area contributed by atoms with E-state index in [2.05, 4.69) is 6.07 Å². The number of hydrogen-bond donors (Lipinski definition) is 0. The van der Waals surface area contributed by atoms with Gasteiger partial charge in [-0.05, 0) is 12.8 Å². The van der Waals surface area contributed by atoms with E-state index in [-0.39, 0.29) is 11.6 Å². The van der Waals surface area contributed by atoms with Crippen LogP contribution in [0.2, 0.25) is 0 Å². The minimum Gasteiger partial charge on any atom is -0.212 e. The van der Waals surface area contributed by atoms with E-state index in [0.29, 0.717) is 12.8 Å². The van der Waals surface area contributed by atoms with Gasteiger partial charge in [0.25, 0.3) is 0 Å². The summed E-state index contributed by atoms with van der Waals surface area (Å²) < 4.78 is 25.0. The smallest absolute Gasteiger partial charge is 0.212 e. The van der Waals surface area contributed by atoms with Gasteiger partial charge in [-0.1, -0.05) is 19.3 Å². The highest BCUT2D eigenvalue weighted by atomic mass is 35.5. The SMILES string of the molecule is CN(C1(C#N)CCCCC1)S(=O)(=O)CCCl. The van der Waals surface area contributed by atoms with E-state index in [4.69, 9.17) is 11.6 Å². The van der Waals surface area contributed by atoms with Crippen LogP contribution in [-0.2, 0) is 10.0 Å². The van der Waals surface area contributed by atoms with Crippen LogP contribution in [-0.4, -0.2) is 36.9 Å². The van der Waals surface area contributed by atoms with Crippen molar-refractivity contribution in [1.82, 2.24) is 4.31 Å². The zero-order chi connectivity index (χ0) is 12.2. The second-order valence-corrected chi connectivity index (χ2v) is 6.67. The molecule has 0 bridgehead atoms. The van der Waals surface area contributed by atoms with Crippen molar-refractivity contribution in [2.45, 2.75) is 37.6 Å². The lowest BCUT2D eigenvalue weighted by Gasteiger charge is -2.37. The second-order valence-electron chi connectivity index (χ2n) is 4.18. The van der Waals surface area contributed by atoms with Gasteiger partial charge in [-0.2, -0.15) is 9.57 Å². The largest absolute Gasteiger partial charge is 0.216 e. The van der Waals surface area contributed by atoms with Gasteiger partial charge < -0.3 is 0 Å². The van der Waals surface area contributed by atoms with E-state index in [1.165, 1.54) is 11.4 Å². The minimum absolute atomic E-state index is 0.0637. The van der Waals surface area contributed by atoms with Crippen molar-refractivity contribution in [2.24, 2.45) is 0 Å². The van der Waals surface area contributed by atoms with Gasteiger partial charge in [0.1, 0.15) is 5.54 Å². The Morgan fingerprint density at radius 2 is 1.94 bits per heavy atom. The molecular weight excluding hydrogens is 248 g/mol. The summed E-state index contributed by atoms with van der Waals surface area (Å²) in [5.41, 5.74) is -0.844. The Balaban J connectivity index is 2.93. The molecule has 0 aromatic carbocycles. The molecule has 0 aliphatic heterocycles. The van der Waals surface area contributed by atoms with Crippen molar-refractivity contribution in [3.8, 4) is 6.07 Å². The monoisotopic (exact) mass is 264 g/mol. The lowest BCUT2D eigenvalue weighted by molar-refractivity contribution is 0.213. The minimum atomic E-state index is -3.40. The number of rotatable bonds is 4. The third-order valence-electron chi connectivity index (χ3n) is 3.24. The fourth-order valence-electron chi connectivity index (χ4n) is 2.13. The van der Waals surface area contributed by atoms with Crippen LogP contribution in [0.3, 0.4) is 0 Å². The van der Waals surface area contributed by atoms with Crippen LogP contribution in [0.25, 0.3) is 0 Å². The first-order valence-corrected chi connectivity index (χ1v) is 7.57. The van der Waals surface area contributed by atoms with E-state index in [1.807, 2.05) is 0 Å². The molecule has 1 rings (SSSR count). The van der Waals surface area contributed by atoms with E-state index >= 15 is 0 Å². The first-order chi connectivity index (χ1) is 7.48. The number of hydrogen-bond acceptors (Lipinski definition) is 3. The molecule has 0 atom stereocenters. The maximum absolute atomic E-state index is 11.9. The summed E-state index contributed by atoms with van der Waals surface area (Å²) in [5, 5.41) is 9.25. The highest BCUT2D eigenvalue weighted by molar-refractivity contribution is 7.89. The van der Waals surface area contributed by atoms with Gasteiger partial charge in [0.05, 0.1) is 11.8 Å². The Labute approximate surface area is 102 Å². The maximum Gasteiger partial charge on any atom is 0.216 e. The van der Waals surface area contributed by atoms with Gasteiger partial charge in [0.15, 0.2) is 0 Å². The molecule has 0 unspecified atom stereocenters. The van der Waals surface area contributed by atoms with Crippen molar-refractivity contribution in [2.75, 3.05) is 18.7 Å². The molecule has 92 valence electrons. The standard InChI is InChI=1S/C10H17ClN2O2S/c1-13(16(14,15)8-7-11)10(9-12)5-3-2-4-6-10/h2-8H2,1H3. The summed E-state index contributed by atoms with van der Waals surface area (Å²) in [6.45, 7) is 0. The first-order valence-electron chi connectivity index (χ1n) is 5.42. The molecule has 0 radical (unpaired) electrons. The molecule has 0 N–H and O–H groups in total. The van der Waals surface area contributed by atoms with Gasteiger partial charge in [-0.15, -0.1) is 11.6 Å². The molecule has 0 aromatic rings. The third-order valence-corrected chi connectivity index (χ3v) is 5.56. The Kier molecular flexibility index (Phi) is 4.60. The molecule has 6 heteroatoms. The number of nitriles is 1. The summed E-state index contributed by atoms with van der Waals surface area (Å²) in [7, 11) is -1.91. The molecular formula is C10H17ClN2O2S. The van der Waals surface area contributed by atoms with Crippen LogP contribution in [0, 0.1) is 11.3 Å². The van der Waals surface area contributed by atoms with Gasteiger partial charge in [-0.25, -0.2) is 8.42 Å². The quantitative estimate of drug-likeness (QED) is 0.727. The molecule has 1 fully saturated rings.